The van der Waals surface area contributed by atoms with Crippen LogP contribution >= 0.6 is 0 Å². The number of anilines is 1. The largest absolute Gasteiger partial charge is 0.484 e. The van der Waals surface area contributed by atoms with Gasteiger partial charge in [0.25, 0.3) is 15.9 Å². The molecule has 0 saturated carbocycles. The van der Waals surface area contributed by atoms with Crippen LogP contribution in [0.4, 0.5) is 5.69 Å². The highest BCUT2D eigenvalue weighted by molar-refractivity contribution is 7.92. The molecule has 0 bridgehead atoms. The van der Waals surface area contributed by atoms with E-state index in [2.05, 4.69) is 17.0 Å². The van der Waals surface area contributed by atoms with Crippen molar-refractivity contribution in [1.29, 1.82) is 0 Å². The molecule has 0 fully saturated rings. The van der Waals surface area contributed by atoms with Gasteiger partial charge in [-0.3, -0.25) is 9.52 Å². The van der Waals surface area contributed by atoms with Crippen LogP contribution in [0.3, 0.4) is 0 Å². The minimum Gasteiger partial charge on any atom is -0.484 e. The Labute approximate surface area is 161 Å². The Balaban J connectivity index is 1.93. The summed E-state index contributed by atoms with van der Waals surface area (Å²) in [6.07, 6.45) is 1.90. The summed E-state index contributed by atoms with van der Waals surface area (Å²) in [6, 6.07) is 13.2. The minimum absolute atomic E-state index is 0.103. The topological polar surface area (TPSA) is 84.5 Å². The van der Waals surface area contributed by atoms with Gasteiger partial charge in [0.05, 0.1) is 4.90 Å². The van der Waals surface area contributed by atoms with Gasteiger partial charge >= 0.3 is 0 Å². The average Bonchev–Trinajstić information content (AvgIpc) is 2.62. The molecule has 0 unspecified atom stereocenters. The van der Waals surface area contributed by atoms with Crippen LogP contribution in [0.5, 0.6) is 5.75 Å². The molecule has 0 saturated heterocycles. The monoisotopic (exact) mass is 390 g/mol. The predicted octanol–water partition coefficient (Wildman–Crippen LogP) is 3.48. The van der Waals surface area contributed by atoms with Crippen LogP contribution < -0.4 is 14.8 Å². The number of hydrogen-bond donors (Lipinski definition) is 2. The first-order chi connectivity index (χ1) is 12.8. The highest BCUT2D eigenvalue weighted by Gasteiger charge is 2.14. The standard InChI is InChI=1S/C20H26N2O4S/c1-4-5-16(3)21-20(23)14-26-18-10-12-19(13-11-18)27(24,25)22-17-8-6-15(2)7-9-17/h6-13,16,22H,4-5,14H2,1-3H3,(H,21,23)/t16-/m1/s1. The van der Waals surface area contributed by atoms with Crippen molar-refractivity contribution in [1.82, 2.24) is 5.32 Å². The Bertz CT molecular complexity index is 847. The number of aryl methyl sites for hydroxylation is 1. The van der Waals surface area contributed by atoms with E-state index < -0.39 is 10.0 Å². The number of amides is 1. The number of carbonyl (C=O) groups excluding carboxylic acids is 1. The first-order valence-electron chi connectivity index (χ1n) is 8.92. The van der Waals surface area contributed by atoms with Gasteiger partial charge in [-0.1, -0.05) is 31.0 Å². The van der Waals surface area contributed by atoms with Crippen LogP contribution in [-0.4, -0.2) is 27.0 Å². The molecule has 27 heavy (non-hydrogen) atoms. The van der Waals surface area contributed by atoms with Crippen molar-refractivity contribution in [3.05, 3.63) is 54.1 Å². The molecular weight excluding hydrogens is 364 g/mol. The summed E-state index contributed by atoms with van der Waals surface area (Å²) in [4.78, 5) is 11.9. The Kier molecular flexibility index (Phi) is 7.24. The molecule has 0 aromatic heterocycles. The van der Waals surface area contributed by atoms with E-state index in [9.17, 15) is 13.2 Å². The van der Waals surface area contributed by atoms with Crippen LogP contribution in [0.15, 0.2) is 53.4 Å². The van der Waals surface area contributed by atoms with E-state index >= 15 is 0 Å². The molecule has 0 aliphatic carbocycles. The molecule has 2 aromatic carbocycles. The molecule has 2 aromatic rings. The molecule has 0 heterocycles. The zero-order chi connectivity index (χ0) is 19.9. The zero-order valence-corrected chi connectivity index (χ0v) is 16.7. The Morgan fingerprint density at radius 1 is 1.07 bits per heavy atom. The summed E-state index contributed by atoms with van der Waals surface area (Å²) in [5, 5.41) is 2.85. The Hall–Kier alpha value is -2.54. The molecule has 0 aliphatic heterocycles. The molecular formula is C20H26N2O4S. The van der Waals surface area contributed by atoms with Crippen LogP contribution in [0.2, 0.25) is 0 Å². The molecule has 146 valence electrons. The maximum atomic E-state index is 12.4. The van der Waals surface area contributed by atoms with Crippen molar-refractivity contribution in [3.63, 3.8) is 0 Å². The molecule has 1 atom stereocenters. The lowest BCUT2D eigenvalue weighted by Gasteiger charge is -2.13. The fourth-order valence-electron chi connectivity index (χ4n) is 2.52. The molecule has 2 N–H and O–H groups in total. The number of benzene rings is 2. The van der Waals surface area contributed by atoms with Crippen LogP contribution in [0, 0.1) is 6.92 Å². The van der Waals surface area contributed by atoms with Crippen molar-refractivity contribution in [3.8, 4) is 5.75 Å². The third-order valence-corrected chi connectivity index (χ3v) is 5.33. The van der Waals surface area contributed by atoms with Gasteiger partial charge in [0.2, 0.25) is 0 Å². The normalized spacial score (nSPS) is 12.3. The van der Waals surface area contributed by atoms with Gasteiger partial charge in [-0.05, 0) is 56.7 Å². The van der Waals surface area contributed by atoms with Gasteiger partial charge in [-0.2, -0.15) is 0 Å². The van der Waals surface area contributed by atoms with Gasteiger partial charge in [-0.15, -0.1) is 0 Å². The second-order valence-corrected chi connectivity index (χ2v) is 8.17. The molecule has 1 amide bonds. The lowest BCUT2D eigenvalue weighted by molar-refractivity contribution is -0.123. The summed E-state index contributed by atoms with van der Waals surface area (Å²) < 4.78 is 32.8. The second kappa shape index (κ2) is 9.41. The van der Waals surface area contributed by atoms with Crippen LogP contribution in [-0.2, 0) is 14.8 Å². The quantitative estimate of drug-likeness (QED) is 0.686. The maximum absolute atomic E-state index is 12.4. The number of sulfonamides is 1. The number of hydrogen-bond acceptors (Lipinski definition) is 4. The van der Waals surface area contributed by atoms with Gasteiger partial charge in [0.15, 0.2) is 6.61 Å². The number of rotatable bonds is 9. The lowest BCUT2D eigenvalue weighted by atomic mass is 10.2. The van der Waals surface area contributed by atoms with Gasteiger partial charge < -0.3 is 10.1 Å². The number of ether oxygens (including phenoxy) is 1. The van der Waals surface area contributed by atoms with E-state index in [0.29, 0.717) is 11.4 Å². The van der Waals surface area contributed by atoms with Crippen molar-refractivity contribution in [2.24, 2.45) is 0 Å². The van der Waals surface area contributed by atoms with E-state index in [1.165, 1.54) is 24.3 Å². The molecule has 0 aliphatic rings. The zero-order valence-electron chi connectivity index (χ0n) is 15.9. The Morgan fingerprint density at radius 3 is 2.30 bits per heavy atom. The van der Waals surface area contributed by atoms with E-state index in [1.807, 2.05) is 26.0 Å². The second-order valence-electron chi connectivity index (χ2n) is 6.49. The van der Waals surface area contributed by atoms with Gasteiger partial charge in [0, 0.05) is 11.7 Å². The van der Waals surface area contributed by atoms with Crippen molar-refractivity contribution in [2.45, 2.75) is 44.6 Å². The molecule has 0 spiro atoms. The summed E-state index contributed by atoms with van der Waals surface area (Å²) in [5.74, 6) is 0.233. The number of nitrogens with one attached hydrogen (secondary N) is 2. The summed E-state index contributed by atoms with van der Waals surface area (Å²) >= 11 is 0. The lowest BCUT2D eigenvalue weighted by Crippen LogP contribution is -2.35. The van der Waals surface area contributed by atoms with E-state index in [4.69, 9.17) is 4.74 Å². The van der Waals surface area contributed by atoms with Gasteiger partial charge in [-0.25, -0.2) is 8.42 Å². The fraction of sp³-hybridized carbons (Fsp3) is 0.350. The van der Waals surface area contributed by atoms with Crippen molar-refractivity contribution >= 4 is 21.6 Å². The molecule has 0 radical (unpaired) electrons. The van der Waals surface area contributed by atoms with Crippen LogP contribution in [0.25, 0.3) is 0 Å². The SMILES string of the molecule is CCC[C@@H](C)NC(=O)COc1ccc(S(=O)(=O)Nc2ccc(C)cc2)cc1. The summed E-state index contributed by atoms with van der Waals surface area (Å²) in [7, 11) is -3.68. The van der Waals surface area contributed by atoms with Crippen LogP contribution in [0.1, 0.15) is 32.3 Å². The minimum atomic E-state index is -3.68. The fourth-order valence-corrected chi connectivity index (χ4v) is 3.58. The Morgan fingerprint density at radius 2 is 1.70 bits per heavy atom. The van der Waals surface area contributed by atoms with Crippen molar-refractivity contribution in [2.75, 3.05) is 11.3 Å². The first kappa shape index (κ1) is 20.8. The van der Waals surface area contributed by atoms with Gasteiger partial charge in [0.1, 0.15) is 5.75 Å². The molecule has 7 heteroatoms. The molecule has 6 nitrogen and oxygen atoms in total. The van der Waals surface area contributed by atoms with Crippen molar-refractivity contribution < 1.29 is 17.9 Å². The van der Waals surface area contributed by atoms with E-state index in [-0.39, 0.29) is 23.5 Å². The molecule has 2 rings (SSSR count). The summed E-state index contributed by atoms with van der Waals surface area (Å²) in [5.41, 5.74) is 1.55. The highest BCUT2D eigenvalue weighted by atomic mass is 32.2. The van der Waals surface area contributed by atoms with E-state index in [1.54, 1.807) is 12.1 Å². The average molecular weight is 391 g/mol. The first-order valence-corrected chi connectivity index (χ1v) is 10.4. The van der Waals surface area contributed by atoms with E-state index in [0.717, 1.165) is 18.4 Å². The number of carbonyl (C=O) groups is 1. The third kappa shape index (κ3) is 6.60. The smallest absolute Gasteiger partial charge is 0.261 e. The third-order valence-electron chi connectivity index (χ3n) is 3.94. The highest BCUT2D eigenvalue weighted by Crippen LogP contribution is 2.19. The summed E-state index contributed by atoms with van der Waals surface area (Å²) in [6.45, 7) is 5.83. The predicted molar refractivity (Wildman–Crippen MR) is 106 cm³/mol. The maximum Gasteiger partial charge on any atom is 0.261 e.